The van der Waals surface area contributed by atoms with Gasteiger partial charge in [-0.2, -0.15) is 0 Å². The molecule has 0 bridgehead atoms. The first-order valence-electron chi connectivity index (χ1n) is 7.83. The second kappa shape index (κ2) is 5.16. The summed E-state index contributed by atoms with van der Waals surface area (Å²) in [5, 5.41) is 10.5. The Morgan fingerprint density at radius 1 is 1.00 bits per heavy atom. The highest BCUT2D eigenvalue weighted by molar-refractivity contribution is 6.16. The van der Waals surface area contributed by atoms with Crippen molar-refractivity contribution in [2.24, 2.45) is 5.73 Å². The number of hydrogen-bond donors (Lipinski definition) is 2. The SMILES string of the molecule is CC(C)c1ccc2c3ccccc3n(C(C)C)c2c1C(=N)N. The summed E-state index contributed by atoms with van der Waals surface area (Å²) in [6.07, 6.45) is 0. The van der Waals surface area contributed by atoms with Crippen molar-refractivity contribution in [3.8, 4) is 0 Å². The quantitative estimate of drug-likeness (QED) is 0.530. The molecule has 0 radical (unpaired) electrons. The van der Waals surface area contributed by atoms with Crippen LogP contribution in [0.15, 0.2) is 36.4 Å². The number of amidine groups is 1. The van der Waals surface area contributed by atoms with E-state index in [9.17, 15) is 0 Å². The van der Waals surface area contributed by atoms with Gasteiger partial charge in [-0.15, -0.1) is 0 Å². The average Bonchev–Trinajstić information content (AvgIpc) is 2.80. The Morgan fingerprint density at radius 2 is 1.68 bits per heavy atom. The lowest BCUT2D eigenvalue weighted by atomic mass is 9.94. The van der Waals surface area contributed by atoms with Gasteiger partial charge in [0.25, 0.3) is 0 Å². The van der Waals surface area contributed by atoms with Crippen molar-refractivity contribution in [3.05, 3.63) is 47.5 Å². The molecule has 0 saturated heterocycles. The summed E-state index contributed by atoms with van der Waals surface area (Å²) < 4.78 is 2.31. The third-order valence-corrected chi connectivity index (χ3v) is 4.31. The molecular formula is C19H23N3. The number of benzene rings is 2. The van der Waals surface area contributed by atoms with Crippen LogP contribution >= 0.6 is 0 Å². The monoisotopic (exact) mass is 293 g/mol. The van der Waals surface area contributed by atoms with Gasteiger partial charge in [0.05, 0.1) is 5.52 Å². The Bertz CT molecular complexity index is 869. The van der Waals surface area contributed by atoms with E-state index in [1.165, 1.54) is 16.3 Å². The number of para-hydroxylation sites is 1. The van der Waals surface area contributed by atoms with Gasteiger partial charge in [0.2, 0.25) is 0 Å². The standard InChI is InChI=1S/C19H23N3/c1-11(2)13-9-10-15-14-7-5-6-8-16(14)22(12(3)4)18(15)17(13)19(20)21/h5-12H,1-4H3,(H3,20,21). The number of hydrogen-bond acceptors (Lipinski definition) is 1. The summed E-state index contributed by atoms with van der Waals surface area (Å²) in [6, 6.07) is 13.0. The summed E-state index contributed by atoms with van der Waals surface area (Å²) in [5.74, 6) is 0.487. The molecule has 2 aromatic carbocycles. The lowest BCUT2D eigenvalue weighted by Gasteiger charge is -2.18. The predicted molar refractivity (Wildman–Crippen MR) is 94.9 cm³/mol. The number of nitrogens with one attached hydrogen (secondary N) is 1. The first-order valence-corrected chi connectivity index (χ1v) is 7.83. The fraction of sp³-hybridized carbons (Fsp3) is 0.316. The number of rotatable bonds is 3. The Morgan fingerprint density at radius 3 is 2.27 bits per heavy atom. The Balaban J connectivity index is 2.60. The molecule has 3 nitrogen and oxygen atoms in total. The first kappa shape index (κ1) is 14.6. The summed E-state index contributed by atoms with van der Waals surface area (Å²) in [5.41, 5.74) is 10.3. The maximum Gasteiger partial charge on any atom is 0.125 e. The van der Waals surface area contributed by atoms with Gasteiger partial charge < -0.3 is 10.3 Å². The summed E-state index contributed by atoms with van der Waals surface area (Å²) in [7, 11) is 0. The third-order valence-electron chi connectivity index (χ3n) is 4.31. The van der Waals surface area contributed by atoms with Crippen LogP contribution < -0.4 is 5.73 Å². The zero-order chi connectivity index (χ0) is 16.0. The minimum Gasteiger partial charge on any atom is -0.384 e. The van der Waals surface area contributed by atoms with E-state index >= 15 is 0 Å². The molecule has 0 aliphatic heterocycles. The molecule has 1 heterocycles. The predicted octanol–water partition coefficient (Wildman–Crippen LogP) is 4.78. The van der Waals surface area contributed by atoms with Crippen molar-refractivity contribution in [1.82, 2.24) is 4.57 Å². The molecule has 3 N–H and O–H groups in total. The molecule has 3 aromatic rings. The van der Waals surface area contributed by atoms with E-state index in [1.54, 1.807) is 0 Å². The molecule has 0 unspecified atom stereocenters. The van der Waals surface area contributed by atoms with Gasteiger partial charge in [0, 0.05) is 27.9 Å². The molecule has 3 rings (SSSR count). The Hall–Kier alpha value is -2.29. The molecule has 0 atom stereocenters. The summed E-state index contributed by atoms with van der Waals surface area (Å²) >= 11 is 0. The number of fused-ring (bicyclic) bond motifs is 3. The van der Waals surface area contributed by atoms with Gasteiger partial charge in [-0.1, -0.05) is 44.2 Å². The molecule has 0 spiro atoms. The van der Waals surface area contributed by atoms with Crippen LogP contribution in [0.4, 0.5) is 0 Å². The van der Waals surface area contributed by atoms with Gasteiger partial charge >= 0.3 is 0 Å². The van der Waals surface area contributed by atoms with Crippen LogP contribution in [0.5, 0.6) is 0 Å². The zero-order valence-corrected chi connectivity index (χ0v) is 13.6. The van der Waals surface area contributed by atoms with Crippen LogP contribution in [0.3, 0.4) is 0 Å². The number of aromatic nitrogens is 1. The second-order valence-corrected chi connectivity index (χ2v) is 6.48. The average molecular weight is 293 g/mol. The van der Waals surface area contributed by atoms with Gasteiger partial charge in [-0.3, -0.25) is 5.41 Å². The normalized spacial score (nSPS) is 11.9. The van der Waals surface area contributed by atoms with Gasteiger partial charge in [-0.05, 0) is 31.4 Å². The lowest BCUT2D eigenvalue weighted by Crippen LogP contribution is -2.17. The molecule has 0 amide bonds. The van der Waals surface area contributed by atoms with Crippen LogP contribution in [-0.2, 0) is 0 Å². The van der Waals surface area contributed by atoms with Crippen LogP contribution in [0.1, 0.15) is 50.8 Å². The van der Waals surface area contributed by atoms with E-state index in [0.717, 1.165) is 16.6 Å². The number of nitrogens with zero attached hydrogens (tertiary/aromatic N) is 1. The second-order valence-electron chi connectivity index (χ2n) is 6.48. The molecule has 3 heteroatoms. The van der Waals surface area contributed by atoms with Gasteiger partial charge in [0.1, 0.15) is 5.84 Å². The highest BCUT2D eigenvalue weighted by Gasteiger charge is 2.20. The van der Waals surface area contributed by atoms with E-state index < -0.39 is 0 Å². The third kappa shape index (κ3) is 2.00. The van der Waals surface area contributed by atoms with E-state index in [4.69, 9.17) is 11.1 Å². The van der Waals surface area contributed by atoms with E-state index in [-0.39, 0.29) is 5.84 Å². The molecule has 22 heavy (non-hydrogen) atoms. The number of nitrogen functional groups attached to an aromatic ring is 1. The van der Waals surface area contributed by atoms with Crippen molar-refractivity contribution in [1.29, 1.82) is 5.41 Å². The van der Waals surface area contributed by atoms with Crippen LogP contribution in [-0.4, -0.2) is 10.4 Å². The zero-order valence-electron chi connectivity index (χ0n) is 13.6. The van der Waals surface area contributed by atoms with E-state index in [1.807, 2.05) is 0 Å². The largest absolute Gasteiger partial charge is 0.384 e. The maximum absolute atomic E-state index is 8.13. The number of nitrogens with two attached hydrogens (primary N) is 1. The van der Waals surface area contributed by atoms with Crippen molar-refractivity contribution in [3.63, 3.8) is 0 Å². The minimum absolute atomic E-state index is 0.152. The maximum atomic E-state index is 8.13. The lowest BCUT2D eigenvalue weighted by molar-refractivity contribution is 0.641. The van der Waals surface area contributed by atoms with Gasteiger partial charge in [0.15, 0.2) is 0 Å². The molecular weight excluding hydrogens is 270 g/mol. The van der Waals surface area contributed by atoms with Gasteiger partial charge in [-0.25, -0.2) is 0 Å². The first-order chi connectivity index (χ1) is 10.4. The van der Waals surface area contributed by atoms with E-state index in [0.29, 0.717) is 12.0 Å². The van der Waals surface area contributed by atoms with Crippen LogP contribution in [0, 0.1) is 5.41 Å². The summed E-state index contributed by atoms with van der Waals surface area (Å²) in [4.78, 5) is 0. The molecule has 0 saturated carbocycles. The highest BCUT2D eigenvalue weighted by Crippen LogP contribution is 2.36. The fourth-order valence-corrected chi connectivity index (χ4v) is 3.41. The van der Waals surface area contributed by atoms with Crippen molar-refractivity contribution in [2.75, 3.05) is 0 Å². The van der Waals surface area contributed by atoms with Crippen LogP contribution in [0.25, 0.3) is 21.8 Å². The van der Waals surface area contributed by atoms with Crippen LogP contribution in [0.2, 0.25) is 0 Å². The highest BCUT2D eigenvalue weighted by atomic mass is 15.0. The molecule has 114 valence electrons. The topological polar surface area (TPSA) is 54.8 Å². The van der Waals surface area contributed by atoms with Crippen molar-refractivity contribution in [2.45, 2.75) is 39.7 Å². The van der Waals surface area contributed by atoms with Crippen molar-refractivity contribution < 1.29 is 0 Å². The van der Waals surface area contributed by atoms with Crippen molar-refractivity contribution >= 4 is 27.6 Å². The minimum atomic E-state index is 0.152. The fourth-order valence-electron chi connectivity index (χ4n) is 3.41. The Labute approximate surface area is 131 Å². The molecule has 0 aliphatic carbocycles. The summed E-state index contributed by atoms with van der Waals surface area (Å²) in [6.45, 7) is 8.65. The molecule has 0 fully saturated rings. The molecule has 1 aromatic heterocycles. The van der Waals surface area contributed by atoms with E-state index in [2.05, 4.69) is 68.7 Å². The molecule has 0 aliphatic rings. The Kier molecular flexibility index (Phi) is 3.44. The smallest absolute Gasteiger partial charge is 0.125 e.